The second kappa shape index (κ2) is 9.92. The molecular weight excluding hydrogens is 536 g/mol. The lowest BCUT2D eigenvalue weighted by Crippen LogP contribution is -2.43. The van der Waals surface area contributed by atoms with Gasteiger partial charge in [0.15, 0.2) is 0 Å². The Hall–Kier alpha value is -4.37. The summed E-state index contributed by atoms with van der Waals surface area (Å²) < 4.78 is 29.6. The van der Waals surface area contributed by atoms with Crippen molar-refractivity contribution in [1.29, 1.82) is 0 Å². The van der Waals surface area contributed by atoms with Gasteiger partial charge in [-0.15, -0.1) is 0 Å². The maximum Gasteiger partial charge on any atom is 0.294 e. The van der Waals surface area contributed by atoms with Crippen LogP contribution in [0.25, 0.3) is 43.1 Å². The van der Waals surface area contributed by atoms with Gasteiger partial charge in [0.05, 0.1) is 4.90 Å². The first-order chi connectivity index (χ1) is 19.6. The fraction of sp³-hybridized carbons (Fsp3) is 0.152. The summed E-state index contributed by atoms with van der Waals surface area (Å²) in [6.45, 7) is 2.87. The Morgan fingerprint density at radius 2 is 1.20 bits per heavy atom. The van der Waals surface area contributed by atoms with Gasteiger partial charge in [-0.1, -0.05) is 66.2 Å². The van der Waals surface area contributed by atoms with Crippen molar-refractivity contribution in [2.75, 3.05) is 27.2 Å². The van der Waals surface area contributed by atoms with Crippen molar-refractivity contribution in [3.05, 3.63) is 102 Å². The lowest BCUT2D eigenvalue weighted by molar-refractivity contribution is 0.0601. The van der Waals surface area contributed by atoms with E-state index in [1.165, 1.54) is 27.8 Å². The molecule has 206 valence electrons. The highest BCUT2D eigenvalue weighted by atomic mass is 32.2. The number of amides is 2. The molecule has 41 heavy (non-hydrogen) atoms. The van der Waals surface area contributed by atoms with E-state index in [4.69, 9.17) is 4.55 Å². The largest absolute Gasteiger partial charge is 0.308 e. The molecule has 0 atom stereocenters. The molecule has 0 saturated heterocycles. The molecule has 7 nitrogen and oxygen atoms in total. The summed E-state index contributed by atoms with van der Waals surface area (Å²) >= 11 is 0. The molecule has 2 amide bonds. The molecule has 0 saturated carbocycles. The summed E-state index contributed by atoms with van der Waals surface area (Å²) in [4.78, 5) is 29.9. The van der Waals surface area contributed by atoms with Crippen molar-refractivity contribution < 1.29 is 22.6 Å². The van der Waals surface area contributed by atoms with E-state index in [2.05, 4.69) is 36.4 Å². The zero-order valence-electron chi connectivity index (χ0n) is 22.9. The SMILES string of the molecule is CN(C)CCN1C(=O)c2ccc3c4cccc5cccc(c6ccc(c2c36)C1=O)c54.Cc1ccc(S(=O)(=O)O)cc1. The third kappa shape index (κ3) is 4.50. The van der Waals surface area contributed by atoms with Gasteiger partial charge in [-0.05, 0) is 83.0 Å². The predicted molar refractivity (Wildman–Crippen MR) is 163 cm³/mol. The number of likely N-dealkylation sites (N-methyl/N-ethyl adjacent to an activating group) is 1. The number of carbonyl (C=O) groups is 2. The summed E-state index contributed by atoms with van der Waals surface area (Å²) in [5.74, 6) is -0.398. The van der Waals surface area contributed by atoms with Crippen LogP contribution in [0.2, 0.25) is 0 Å². The molecule has 0 bridgehead atoms. The van der Waals surface area contributed by atoms with Crippen LogP contribution < -0.4 is 0 Å². The summed E-state index contributed by atoms with van der Waals surface area (Å²) in [6.07, 6.45) is 0. The molecule has 0 aromatic heterocycles. The number of hydrogen-bond donors (Lipinski definition) is 1. The van der Waals surface area contributed by atoms with Crippen LogP contribution in [0.3, 0.4) is 0 Å². The molecular formula is C33H28N2O5S. The Morgan fingerprint density at radius 3 is 1.68 bits per heavy atom. The highest BCUT2D eigenvalue weighted by Crippen LogP contribution is 2.43. The van der Waals surface area contributed by atoms with Gasteiger partial charge >= 0.3 is 0 Å². The summed E-state index contributed by atoms with van der Waals surface area (Å²) in [7, 11) is -0.138. The number of imide groups is 1. The van der Waals surface area contributed by atoms with Gasteiger partial charge in [0.2, 0.25) is 0 Å². The zero-order chi connectivity index (χ0) is 29.1. The van der Waals surface area contributed by atoms with Crippen LogP contribution in [0.15, 0.2) is 89.8 Å². The Morgan fingerprint density at radius 1 is 0.683 bits per heavy atom. The predicted octanol–water partition coefficient (Wildman–Crippen LogP) is 6.14. The molecule has 0 aliphatic carbocycles. The minimum absolute atomic E-state index is 0.0666. The third-order valence-corrected chi connectivity index (χ3v) is 8.55. The van der Waals surface area contributed by atoms with Crippen LogP contribution in [-0.2, 0) is 10.1 Å². The van der Waals surface area contributed by atoms with Gasteiger partial charge in [-0.25, -0.2) is 0 Å². The number of aryl methyl sites for hydroxylation is 1. The highest BCUT2D eigenvalue weighted by molar-refractivity contribution is 7.85. The fourth-order valence-electron chi connectivity index (χ4n) is 5.69. The van der Waals surface area contributed by atoms with E-state index in [1.54, 1.807) is 12.1 Å². The molecule has 0 fully saturated rings. The lowest BCUT2D eigenvalue weighted by atomic mass is 9.85. The number of carbonyl (C=O) groups excluding carboxylic acids is 2. The number of nitrogens with zero attached hydrogens (tertiary/aromatic N) is 2. The molecule has 1 heterocycles. The quantitative estimate of drug-likeness (QED) is 0.120. The van der Waals surface area contributed by atoms with E-state index >= 15 is 0 Å². The fourth-order valence-corrected chi connectivity index (χ4v) is 6.17. The Balaban J connectivity index is 0.000000233. The first-order valence-electron chi connectivity index (χ1n) is 13.2. The molecule has 6 aromatic carbocycles. The standard InChI is InChI=1S/C26H20N2O2.C7H8O3S/c1-27(2)13-14-28-25(29)20-11-9-18-16-7-3-5-15-6-4-8-17(22(15)16)19-10-12-21(26(28)30)24(20)23(18)19;1-6-2-4-7(5-3-6)11(8,9)10/h3-12H,13-14H2,1-2H3;2-5H,1H3,(H,8,9,10). The number of hydrogen-bond acceptors (Lipinski definition) is 5. The van der Waals surface area contributed by atoms with Crippen molar-refractivity contribution >= 4 is 65.0 Å². The van der Waals surface area contributed by atoms with Gasteiger partial charge in [0.1, 0.15) is 0 Å². The Labute approximate surface area is 237 Å². The average molecular weight is 565 g/mol. The maximum absolute atomic E-state index is 13.3. The van der Waals surface area contributed by atoms with Gasteiger partial charge in [0.25, 0.3) is 21.9 Å². The van der Waals surface area contributed by atoms with Crippen molar-refractivity contribution in [3.8, 4) is 0 Å². The molecule has 6 aromatic rings. The lowest BCUT2D eigenvalue weighted by Gasteiger charge is -2.29. The maximum atomic E-state index is 13.3. The Bertz CT molecular complexity index is 2000. The van der Waals surface area contributed by atoms with Crippen LogP contribution in [0.1, 0.15) is 26.3 Å². The molecule has 8 heteroatoms. The normalized spacial score (nSPS) is 13.5. The smallest absolute Gasteiger partial charge is 0.294 e. The second-order valence-corrected chi connectivity index (χ2v) is 12.1. The van der Waals surface area contributed by atoms with Gasteiger partial charge in [-0.2, -0.15) is 8.42 Å². The monoisotopic (exact) mass is 564 g/mol. The van der Waals surface area contributed by atoms with E-state index in [9.17, 15) is 18.0 Å². The van der Waals surface area contributed by atoms with Crippen molar-refractivity contribution in [3.63, 3.8) is 0 Å². The van der Waals surface area contributed by atoms with Crippen LogP contribution in [0.5, 0.6) is 0 Å². The number of rotatable bonds is 4. The van der Waals surface area contributed by atoms with Gasteiger partial charge in [0, 0.05) is 29.6 Å². The third-order valence-electron chi connectivity index (χ3n) is 7.69. The first-order valence-corrected chi connectivity index (χ1v) is 14.7. The van der Waals surface area contributed by atoms with Crippen LogP contribution in [0.4, 0.5) is 0 Å². The molecule has 0 spiro atoms. The van der Waals surface area contributed by atoms with E-state index in [-0.39, 0.29) is 16.7 Å². The Kier molecular flexibility index (Phi) is 6.49. The first kappa shape index (κ1) is 26.8. The number of benzene rings is 6. The molecule has 0 unspecified atom stereocenters. The summed E-state index contributed by atoms with van der Waals surface area (Å²) in [5, 5.41) is 8.76. The molecule has 1 aliphatic rings. The minimum Gasteiger partial charge on any atom is -0.308 e. The van der Waals surface area contributed by atoms with E-state index < -0.39 is 10.1 Å². The van der Waals surface area contributed by atoms with Crippen LogP contribution >= 0.6 is 0 Å². The number of fused-ring (bicyclic) bond motifs is 2. The zero-order valence-corrected chi connectivity index (χ0v) is 23.7. The van der Waals surface area contributed by atoms with Crippen molar-refractivity contribution in [1.82, 2.24) is 9.80 Å². The summed E-state index contributed by atoms with van der Waals surface area (Å²) in [5.41, 5.74) is 2.20. The molecule has 1 aliphatic heterocycles. The van der Waals surface area contributed by atoms with Gasteiger partial charge in [-0.3, -0.25) is 19.0 Å². The second-order valence-electron chi connectivity index (χ2n) is 10.6. The molecule has 0 radical (unpaired) electrons. The topological polar surface area (TPSA) is 95.0 Å². The van der Waals surface area contributed by atoms with E-state index in [1.807, 2.05) is 50.2 Å². The minimum atomic E-state index is -4.02. The van der Waals surface area contributed by atoms with E-state index in [0.717, 1.165) is 37.9 Å². The summed E-state index contributed by atoms with van der Waals surface area (Å²) in [6, 6.07) is 26.6. The van der Waals surface area contributed by atoms with Crippen molar-refractivity contribution in [2.45, 2.75) is 11.8 Å². The van der Waals surface area contributed by atoms with Gasteiger partial charge < -0.3 is 4.90 Å². The van der Waals surface area contributed by atoms with Crippen LogP contribution in [-0.4, -0.2) is 61.8 Å². The molecule has 1 N–H and O–H groups in total. The van der Waals surface area contributed by atoms with E-state index in [0.29, 0.717) is 24.2 Å². The average Bonchev–Trinajstić information content (AvgIpc) is 2.94. The van der Waals surface area contributed by atoms with Crippen LogP contribution in [0, 0.1) is 6.92 Å². The van der Waals surface area contributed by atoms with Crippen molar-refractivity contribution in [2.24, 2.45) is 0 Å². The molecule has 7 rings (SSSR count). The highest BCUT2D eigenvalue weighted by Gasteiger charge is 2.33.